The summed E-state index contributed by atoms with van der Waals surface area (Å²) in [7, 11) is 0. The maximum Gasteiger partial charge on any atom is 0.268 e. The molecule has 5 heteroatoms. The van der Waals surface area contributed by atoms with E-state index in [1.165, 1.54) is 10.4 Å². The zero-order valence-electron chi connectivity index (χ0n) is 15.9. The van der Waals surface area contributed by atoms with Crippen molar-refractivity contribution in [1.82, 2.24) is 9.88 Å². The molecule has 0 unspecified atom stereocenters. The smallest absolute Gasteiger partial charge is 0.268 e. The van der Waals surface area contributed by atoms with Gasteiger partial charge in [0.25, 0.3) is 5.91 Å². The third-order valence-corrected chi connectivity index (χ3v) is 5.77. The Labute approximate surface area is 163 Å². The number of amides is 1. The predicted octanol–water partition coefficient (Wildman–Crippen LogP) is 4.85. The monoisotopic (exact) mass is 380 g/mol. The van der Waals surface area contributed by atoms with Crippen LogP contribution in [0.3, 0.4) is 0 Å². The lowest BCUT2D eigenvalue weighted by Crippen LogP contribution is -2.27. The lowest BCUT2D eigenvalue weighted by Gasteiger charge is -2.22. The molecule has 4 rings (SSSR count). The van der Waals surface area contributed by atoms with Gasteiger partial charge in [-0.05, 0) is 43.7 Å². The van der Waals surface area contributed by atoms with Crippen molar-refractivity contribution in [3.63, 3.8) is 0 Å². The zero-order valence-corrected chi connectivity index (χ0v) is 16.7. The standard InChI is InChI=1S/C22H24N2O2S/c1-14(2)26-18-9-7-16(8-10-18)12-23-22(25)19-11-17-5-4-6-20-21(17)24(19)13-15(3)27-20/h4-11,14-15H,12-13H2,1-3H3,(H,23,25)/t15-/m0/s1. The molecule has 2 aromatic carbocycles. The van der Waals surface area contributed by atoms with E-state index < -0.39 is 0 Å². The molecule has 4 nitrogen and oxygen atoms in total. The highest BCUT2D eigenvalue weighted by atomic mass is 32.2. The summed E-state index contributed by atoms with van der Waals surface area (Å²) in [6, 6.07) is 16.2. The first kappa shape index (κ1) is 18.0. The molecule has 1 N–H and O–H groups in total. The number of rotatable bonds is 5. The van der Waals surface area contributed by atoms with Gasteiger partial charge in [-0.2, -0.15) is 0 Å². The van der Waals surface area contributed by atoms with Crippen LogP contribution in [0.1, 0.15) is 36.8 Å². The molecule has 0 fully saturated rings. The summed E-state index contributed by atoms with van der Waals surface area (Å²) in [6.45, 7) is 7.57. The molecule has 1 aliphatic heterocycles. The molecule has 0 bridgehead atoms. The topological polar surface area (TPSA) is 43.3 Å². The van der Waals surface area contributed by atoms with Gasteiger partial charge in [0.2, 0.25) is 0 Å². The predicted molar refractivity (Wildman–Crippen MR) is 111 cm³/mol. The van der Waals surface area contributed by atoms with E-state index in [-0.39, 0.29) is 12.0 Å². The summed E-state index contributed by atoms with van der Waals surface area (Å²) in [4.78, 5) is 14.1. The van der Waals surface area contributed by atoms with E-state index in [9.17, 15) is 4.79 Å². The fourth-order valence-corrected chi connectivity index (χ4v) is 4.66. The van der Waals surface area contributed by atoms with Gasteiger partial charge in [0.05, 0.1) is 11.6 Å². The van der Waals surface area contributed by atoms with Gasteiger partial charge in [-0.1, -0.05) is 31.2 Å². The van der Waals surface area contributed by atoms with Crippen LogP contribution in [0.25, 0.3) is 10.9 Å². The second-order valence-corrected chi connectivity index (χ2v) is 8.74. The number of para-hydroxylation sites is 1. The van der Waals surface area contributed by atoms with E-state index >= 15 is 0 Å². The molecule has 0 aliphatic carbocycles. The molecule has 0 spiro atoms. The van der Waals surface area contributed by atoms with E-state index in [4.69, 9.17) is 4.74 Å². The molecule has 0 saturated heterocycles. The van der Waals surface area contributed by atoms with Crippen LogP contribution in [0.4, 0.5) is 0 Å². The van der Waals surface area contributed by atoms with Crippen molar-refractivity contribution in [2.45, 2.75) is 50.1 Å². The second kappa shape index (κ2) is 7.31. The Morgan fingerprint density at radius 2 is 2.04 bits per heavy atom. The van der Waals surface area contributed by atoms with Crippen molar-refractivity contribution < 1.29 is 9.53 Å². The van der Waals surface area contributed by atoms with Gasteiger partial charge in [0, 0.05) is 28.6 Å². The van der Waals surface area contributed by atoms with E-state index in [0.29, 0.717) is 11.8 Å². The van der Waals surface area contributed by atoms with Gasteiger partial charge >= 0.3 is 0 Å². The molecular formula is C22H24N2O2S. The second-order valence-electron chi connectivity index (χ2n) is 7.26. The molecular weight excluding hydrogens is 356 g/mol. The fourth-order valence-electron chi connectivity index (χ4n) is 3.51. The third kappa shape index (κ3) is 3.69. The van der Waals surface area contributed by atoms with Gasteiger partial charge in [-0.25, -0.2) is 0 Å². The van der Waals surface area contributed by atoms with Crippen molar-refractivity contribution in [3.8, 4) is 5.75 Å². The van der Waals surface area contributed by atoms with E-state index in [1.54, 1.807) is 0 Å². The Kier molecular flexibility index (Phi) is 4.87. The fraction of sp³-hybridized carbons (Fsp3) is 0.318. The van der Waals surface area contributed by atoms with Gasteiger partial charge in [-0.15, -0.1) is 11.8 Å². The average molecular weight is 381 g/mol. The van der Waals surface area contributed by atoms with Crippen molar-refractivity contribution in [1.29, 1.82) is 0 Å². The summed E-state index contributed by atoms with van der Waals surface area (Å²) >= 11 is 1.88. The van der Waals surface area contributed by atoms with Crippen LogP contribution in [0, 0.1) is 0 Å². The first-order chi connectivity index (χ1) is 13.0. The van der Waals surface area contributed by atoms with Gasteiger partial charge in [-0.3, -0.25) is 4.79 Å². The lowest BCUT2D eigenvalue weighted by atomic mass is 10.2. The minimum absolute atomic E-state index is 0.0289. The Hall–Kier alpha value is -2.40. The Balaban J connectivity index is 1.51. The number of nitrogens with zero attached hydrogens (tertiary/aromatic N) is 1. The maximum absolute atomic E-state index is 12.9. The number of hydrogen-bond donors (Lipinski definition) is 1. The van der Waals surface area contributed by atoms with Crippen molar-refractivity contribution in [2.24, 2.45) is 0 Å². The highest BCUT2D eigenvalue weighted by Crippen LogP contribution is 2.38. The number of ether oxygens (including phenoxy) is 1. The molecule has 1 aliphatic rings. The van der Waals surface area contributed by atoms with Gasteiger partial charge < -0.3 is 14.6 Å². The number of benzene rings is 2. The average Bonchev–Trinajstić information content (AvgIpc) is 3.00. The maximum atomic E-state index is 12.9. The van der Waals surface area contributed by atoms with Crippen LogP contribution in [0.5, 0.6) is 5.75 Å². The summed E-state index contributed by atoms with van der Waals surface area (Å²) in [6.07, 6.45) is 0.154. The summed E-state index contributed by atoms with van der Waals surface area (Å²) in [5, 5.41) is 4.65. The first-order valence-corrected chi connectivity index (χ1v) is 10.2. The van der Waals surface area contributed by atoms with E-state index in [1.807, 2.05) is 55.9 Å². The molecule has 1 aromatic heterocycles. The summed E-state index contributed by atoms with van der Waals surface area (Å²) in [5.41, 5.74) is 2.98. The van der Waals surface area contributed by atoms with E-state index in [0.717, 1.165) is 28.9 Å². The van der Waals surface area contributed by atoms with Crippen molar-refractivity contribution in [2.75, 3.05) is 0 Å². The number of aromatic nitrogens is 1. The minimum Gasteiger partial charge on any atom is -0.491 e. The molecule has 27 heavy (non-hydrogen) atoms. The van der Waals surface area contributed by atoms with Crippen molar-refractivity contribution in [3.05, 3.63) is 59.8 Å². The summed E-state index contributed by atoms with van der Waals surface area (Å²) in [5.74, 6) is 0.820. The van der Waals surface area contributed by atoms with E-state index in [2.05, 4.69) is 35.0 Å². The number of nitrogens with one attached hydrogen (secondary N) is 1. The molecule has 3 aromatic rings. The molecule has 140 valence electrons. The van der Waals surface area contributed by atoms with Crippen LogP contribution in [-0.2, 0) is 13.1 Å². The zero-order chi connectivity index (χ0) is 19.0. The van der Waals surface area contributed by atoms with Crippen LogP contribution < -0.4 is 10.1 Å². The number of hydrogen-bond acceptors (Lipinski definition) is 3. The summed E-state index contributed by atoms with van der Waals surface area (Å²) < 4.78 is 7.83. The normalized spacial score (nSPS) is 15.9. The Bertz CT molecular complexity index is 976. The number of carbonyl (C=O) groups is 1. The van der Waals surface area contributed by atoms with Gasteiger partial charge in [0.1, 0.15) is 11.4 Å². The largest absolute Gasteiger partial charge is 0.491 e. The van der Waals surface area contributed by atoms with Crippen molar-refractivity contribution >= 4 is 28.6 Å². The first-order valence-electron chi connectivity index (χ1n) is 9.34. The lowest BCUT2D eigenvalue weighted by molar-refractivity contribution is 0.0942. The molecule has 1 amide bonds. The number of thioether (sulfide) groups is 1. The highest BCUT2D eigenvalue weighted by molar-refractivity contribution is 8.00. The van der Waals surface area contributed by atoms with Crippen LogP contribution >= 0.6 is 11.8 Å². The molecule has 0 saturated carbocycles. The number of carbonyl (C=O) groups excluding carboxylic acids is 1. The van der Waals surface area contributed by atoms with Gasteiger partial charge in [0.15, 0.2) is 0 Å². The minimum atomic E-state index is -0.0289. The SMILES string of the molecule is CC(C)Oc1ccc(CNC(=O)c2cc3cccc4c3n2C[C@H](C)S4)cc1. The Morgan fingerprint density at radius 3 is 2.78 bits per heavy atom. The highest BCUT2D eigenvalue weighted by Gasteiger charge is 2.23. The quantitative estimate of drug-likeness (QED) is 0.688. The van der Waals surface area contributed by atoms with Crippen LogP contribution in [0.2, 0.25) is 0 Å². The molecule has 2 heterocycles. The third-order valence-electron chi connectivity index (χ3n) is 4.63. The Morgan fingerprint density at radius 1 is 1.26 bits per heavy atom. The molecule has 0 radical (unpaired) electrons. The molecule has 1 atom stereocenters. The van der Waals surface area contributed by atoms with Crippen LogP contribution in [0.15, 0.2) is 53.4 Å². The van der Waals surface area contributed by atoms with Crippen LogP contribution in [-0.4, -0.2) is 21.8 Å².